The fraction of sp³-hybridized carbons (Fsp3) is 0.370. The van der Waals surface area contributed by atoms with E-state index in [0.29, 0.717) is 39.4 Å². The third-order valence-electron chi connectivity index (χ3n) is 8.58. The van der Waals surface area contributed by atoms with Crippen LogP contribution in [0.2, 0.25) is 10.0 Å². The van der Waals surface area contributed by atoms with Gasteiger partial charge in [-0.3, -0.25) is 14.4 Å². The molecule has 8 rings (SSSR count). The van der Waals surface area contributed by atoms with Gasteiger partial charge in [-0.2, -0.15) is 0 Å². The van der Waals surface area contributed by atoms with Gasteiger partial charge in [0.15, 0.2) is 5.78 Å². The molecule has 2 aromatic carbocycles. The summed E-state index contributed by atoms with van der Waals surface area (Å²) in [5.74, 6) is -1.14. The Balaban J connectivity index is 1.13. The molecule has 1 aliphatic heterocycles. The highest BCUT2D eigenvalue weighted by atomic mass is 35.5. The fourth-order valence-corrected chi connectivity index (χ4v) is 7.42. The summed E-state index contributed by atoms with van der Waals surface area (Å²) in [6.45, 7) is 0. The largest absolute Gasteiger partial charge is 0.294 e. The van der Waals surface area contributed by atoms with Crippen LogP contribution in [0.25, 0.3) is 0 Å². The maximum absolute atomic E-state index is 15.3. The van der Waals surface area contributed by atoms with Gasteiger partial charge in [0.25, 0.3) is 0 Å². The van der Waals surface area contributed by atoms with Crippen molar-refractivity contribution in [3.05, 3.63) is 75.5 Å². The average Bonchev–Trinajstić information content (AvgIpc) is 3.72. The van der Waals surface area contributed by atoms with Crippen molar-refractivity contribution in [2.75, 3.05) is 4.90 Å². The fourth-order valence-electron chi connectivity index (χ4n) is 6.89. The van der Waals surface area contributed by atoms with Crippen LogP contribution >= 0.6 is 23.2 Å². The molecule has 7 heteroatoms. The minimum atomic E-state index is -0.604. The highest BCUT2D eigenvalue weighted by Crippen LogP contribution is 2.65. The topological polar surface area (TPSA) is 54.5 Å². The number of hydrogen-bond donors (Lipinski definition) is 0. The lowest BCUT2D eigenvalue weighted by Gasteiger charge is -2.37. The number of carbonyl (C=O) groups excluding carboxylic acids is 3. The van der Waals surface area contributed by atoms with Gasteiger partial charge in [0.1, 0.15) is 5.82 Å². The summed E-state index contributed by atoms with van der Waals surface area (Å²) in [5, 5.41) is 0.787. The minimum Gasteiger partial charge on any atom is -0.294 e. The molecule has 4 nitrogen and oxygen atoms in total. The second-order valence-corrected chi connectivity index (χ2v) is 11.2. The number of hydrogen-bond acceptors (Lipinski definition) is 3. The smallest absolute Gasteiger partial charge is 0.238 e. The summed E-state index contributed by atoms with van der Waals surface area (Å²) in [5.41, 5.74) is 1.15. The van der Waals surface area contributed by atoms with E-state index in [1.807, 2.05) is 0 Å². The van der Waals surface area contributed by atoms with Crippen LogP contribution in [0.1, 0.15) is 34.7 Å². The van der Waals surface area contributed by atoms with Crippen molar-refractivity contribution in [2.45, 2.75) is 18.8 Å². The van der Waals surface area contributed by atoms with Gasteiger partial charge in [0.05, 0.1) is 17.5 Å². The van der Waals surface area contributed by atoms with E-state index < -0.39 is 5.82 Å². The summed E-state index contributed by atoms with van der Waals surface area (Å²) in [7, 11) is 0. The number of nitrogens with zero attached hydrogens (tertiary/aromatic N) is 1. The van der Waals surface area contributed by atoms with Crippen LogP contribution in [0.4, 0.5) is 10.1 Å². The summed E-state index contributed by atoms with van der Waals surface area (Å²) in [4.78, 5) is 40.5. The molecule has 34 heavy (non-hydrogen) atoms. The van der Waals surface area contributed by atoms with Gasteiger partial charge in [-0.25, -0.2) is 9.29 Å². The molecule has 0 spiro atoms. The highest BCUT2D eigenvalue weighted by Gasteiger charge is 2.67. The van der Waals surface area contributed by atoms with Gasteiger partial charge in [-0.1, -0.05) is 41.4 Å². The van der Waals surface area contributed by atoms with Crippen LogP contribution in [0, 0.1) is 47.2 Å². The maximum Gasteiger partial charge on any atom is 0.238 e. The van der Waals surface area contributed by atoms with E-state index in [2.05, 4.69) is 12.2 Å². The Morgan fingerprint density at radius 1 is 0.882 bits per heavy atom. The molecule has 172 valence electrons. The number of Topliss-reactive ketones (excluding diaryl/α,β-unsaturated/α-hetero) is 1. The molecule has 6 aliphatic rings. The van der Waals surface area contributed by atoms with Crippen molar-refractivity contribution in [1.29, 1.82) is 0 Å². The molecule has 3 saturated carbocycles. The van der Waals surface area contributed by atoms with Crippen LogP contribution in [0.3, 0.4) is 0 Å². The molecule has 2 bridgehead atoms. The lowest BCUT2D eigenvalue weighted by Crippen LogP contribution is -2.40. The summed E-state index contributed by atoms with van der Waals surface area (Å²) in [6.07, 6.45) is 5.89. The first-order valence-electron chi connectivity index (χ1n) is 11.7. The zero-order valence-corrected chi connectivity index (χ0v) is 19.5. The number of benzene rings is 2. The average molecular weight is 496 g/mol. The lowest BCUT2D eigenvalue weighted by molar-refractivity contribution is -0.124. The van der Waals surface area contributed by atoms with Gasteiger partial charge in [0.2, 0.25) is 11.8 Å². The highest BCUT2D eigenvalue weighted by molar-refractivity contribution is 6.35. The molecule has 0 N–H and O–H groups in total. The third-order valence-corrected chi connectivity index (χ3v) is 9.01. The van der Waals surface area contributed by atoms with E-state index in [9.17, 15) is 14.4 Å². The van der Waals surface area contributed by atoms with E-state index in [0.717, 1.165) is 11.3 Å². The molecule has 1 heterocycles. The Bertz CT molecular complexity index is 1280. The van der Waals surface area contributed by atoms with Crippen molar-refractivity contribution in [3.63, 3.8) is 0 Å². The number of anilines is 1. The Morgan fingerprint density at radius 2 is 1.50 bits per heavy atom. The number of rotatable bonds is 4. The van der Waals surface area contributed by atoms with Gasteiger partial charge in [-0.05, 0) is 78.3 Å². The zero-order valence-electron chi connectivity index (χ0n) is 18.0. The molecule has 0 radical (unpaired) electrons. The van der Waals surface area contributed by atoms with Gasteiger partial charge >= 0.3 is 0 Å². The molecule has 5 aliphatic carbocycles. The van der Waals surface area contributed by atoms with Crippen LogP contribution in [-0.4, -0.2) is 17.6 Å². The monoisotopic (exact) mass is 495 g/mol. The molecule has 1 saturated heterocycles. The SMILES string of the molecule is O=C(c1cc(Cl)cc(Cl)c1)C1CC1c1ccc(N2C(=O)[C@@H]3[C@@H]4C=C[C@@H]([C@H]5C[C@@H]45)[C@@H]3C2=O)c(F)c1. The number of imide groups is 1. The quantitative estimate of drug-likeness (QED) is 0.311. The molecule has 4 fully saturated rings. The van der Waals surface area contributed by atoms with Crippen molar-refractivity contribution < 1.29 is 18.8 Å². The van der Waals surface area contributed by atoms with E-state index in [1.165, 1.54) is 12.1 Å². The Kier molecular flexibility index (Phi) is 4.30. The van der Waals surface area contributed by atoms with E-state index in [1.54, 1.807) is 24.3 Å². The first-order chi connectivity index (χ1) is 16.3. The summed E-state index contributed by atoms with van der Waals surface area (Å²) >= 11 is 12.0. The van der Waals surface area contributed by atoms with E-state index in [4.69, 9.17) is 23.2 Å². The van der Waals surface area contributed by atoms with Crippen molar-refractivity contribution in [2.24, 2.45) is 41.4 Å². The number of allylic oxidation sites excluding steroid dienone is 2. The Labute approximate surface area is 205 Å². The van der Waals surface area contributed by atoms with Crippen LogP contribution in [-0.2, 0) is 9.59 Å². The Morgan fingerprint density at radius 3 is 2.09 bits per heavy atom. The number of amides is 2. The second-order valence-electron chi connectivity index (χ2n) is 10.3. The molecular weight excluding hydrogens is 476 g/mol. The predicted octanol–water partition coefficient (Wildman–Crippen LogP) is 5.68. The maximum atomic E-state index is 15.3. The molecule has 2 unspecified atom stereocenters. The molecule has 2 amide bonds. The van der Waals surface area contributed by atoms with Crippen LogP contribution in [0.15, 0.2) is 48.6 Å². The minimum absolute atomic E-state index is 0.0198. The summed E-state index contributed by atoms with van der Waals surface area (Å²) in [6, 6.07) is 9.36. The zero-order chi connectivity index (χ0) is 23.5. The van der Waals surface area contributed by atoms with Gasteiger partial charge in [0, 0.05) is 21.5 Å². The first kappa shape index (κ1) is 20.8. The lowest BCUT2D eigenvalue weighted by atomic mass is 9.63. The third kappa shape index (κ3) is 2.86. The first-order valence-corrected chi connectivity index (χ1v) is 12.4. The number of ketones is 1. The van der Waals surface area contributed by atoms with Crippen molar-refractivity contribution in [3.8, 4) is 0 Å². The Hall–Kier alpha value is -2.50. The van der Waals surface area contributed by atoms with Crippen LogP contribution < -0.4 is 4.90 Å². The van der Waals surface area contributed by atoms with Gasteiger partial charge < -0.3 is 0 Å². The van der Waals surface area contributed by atoms with Crippen LogP contribution in [0.5, 0.6) is 0 Å². The summed E-state index contributed by atoms with van der Waals surface area (Å²) < 4.78 is 15.3. The molecule has 2 aromatic rings. The van der Waals surface area contributed by atoms with E-state index in [-0.39, 0.29) is 58.8 Å². The molecule has 0 aromatic heterocycles. The molecule has 8 atom stereocenters. The van der Waals surface area contributed by atoms with Gasteiger partial charge in [-0.15, -0.1) is 0 Å². The standard InChI is InChI=1S/C27H20Cl2FNO3/c28-13-5-12(6-14(29)8-13)25(32)20-9-17(20)11-1-4-22(21(30)7-11)31-26(33)23-15-2-3-16(19-10-18(15)19)24(23)27(31)34/h1-8,15-20,23-24H,9-10H2/t15-,16+,17?,18+,19-,20?,23-,24+. The van der Waals surface area contributed by atoms with Crippen molar-refractivity contribution >= 4 is 46.5 Å². The van der Waals surface area contributed by atoms with E-state index >= 15 is 4.39 Å². The number of halogens is 3. The normalized spacial score (nSPS) is 36.5. The second kappa shape index (κ2) is 7.02. The predicted molar refractivity (Wildman–Crippen MR) is 125 cm³/mol. The molecular formula is C27H20Cl2FNO3. The van der Waals surface area contributed by atoms with Crippen molar-refractivity contribution in [1.82, 2.24) is 0 Å². The number of carbonyl (C=O) groups is 3.